The fourth-order valence-electron chi connectivity index (χ4n) is 2.31. The lowest BCUT2D eigenvalue weighted by Crippen LogP contribution is -2.44. The van der Waals surface area contributed by atoms with Gasteiger partial charge in [0, 0.05) is 6.54 Å². The van der Waals surface area contributed by atoms with E-state index >= 15 is 0 Å². The Kier molecular flexibility index (Phi) is 2.83. The molecule has 0 amide bonds. The van der Waals surface area contributed by atoms with Crippen molar-refractivity contribution in [2.75, 3.05) is 24.7 Å². The predicted molar refractivity (Wildman–Crippen MR) is 67.1 cm³/mol. The van der Waals surface area contributed by atoms with Crippen LogP contribution < -0.4 is 4.90 Å². The van der Waals surface area contributed by atoms with Gasteiger partial charge in [-0.15, -0.1) is 0 Å². The number of fused-ring (bicyclic) bond motifs is 1. The number of aromatic nitrogens is 2. The normalized spacial score (nSPS) is 20.3. The molecule has 1 aliphatic heterocycles. The van der Waals surface area contributed by atoms with Gasteiger partial charge in [0.1, 0.15) is 18.0 Å². The number of benzene rings is 1. The molecule has 18 heavy (non-hydrogen) atoms. The Morgan fingerprint density at radius 3 is 3.11 bits per heavy atom. The van der Waals surface area contributed by atoms with Crippen LogP contribution in [-0.2, 0) is 4.74 Å². The van der Waals surface area contributed by atoms with E-state index in [0.717, 1.165) is 6.54 Å². The summed E-state index contributed by atoms with van der Waals surface area (Å²) in [6.45, 7) is 4.06. The zero-order valence-corrected chi connectivity index (χ0v) is 10.1. The molecule has 0 spiro atoms. The van der Waals surface area contributed by atoms with Crippen molar-refractivity contribution < 1.29 is 9.13 Å². The molecule has 1 aliphatic rings. The summed E-state index contributed by atoms with van der Waals surface area (Å²) in [5.74, 6) is 0.385. The quantitative estimate of drug-likeness (QED) is 0.772. The molecule has 1 aromatic heterocycles. The molecular weight excluding hydrogens is 233 g/mol. The standard InChI is InChI=1S/C13H14FN3O/c1-9-7-18-6-5-17(9)13-12-10(14)3-2-4-11(12)15-8-16-13/h2-4,8-9H,5-7H2,1H3/t9-/m0/s1. The first kappa shape index (κ1) is 11.3. The largest absolute Gasteiger partial charge is 0.377 e. The summed E-state index contributed by atoms with van der Waals surface area (Å²) in [4.78, 5) is 10.5. The lowest BCUT2D eigenvalue weighted by Gasteiger charge is -2.34. The lowest BCUT2D eigenvalue weighted by atomic mass is 10.2. The van der Waals surface area contributed by atoms with Crippen LogP contribution in [0.15, 0.2) is 24.5 Å². The Morgan fingerprint density at radius 1 is 1.39 bits per heavy atom. The van der Waals surface area contributed by atoms with Crippen molar-refractivity contribution in [1.82, 2.24) is 9.97 Å². The molecule has 3 rings (SSSR count). The van der Waals surface area contributed by atoms with E-state index in [4.69, 9.17) is 4.74 Å². The summed E-state index contributed by atoms with van der Waals surface area (Å²) in [7, 11) is 0. The SMILES string of the molecule is C[C@H]1COCCN1c1ncnc2cccc(F)c12. The summed E-state index contributed by atoms with van der Waals surface area (Å²) in [6, 6.07) is 5.10. The van der Waals surface area contributed by atoms with Gasteiger partial charge in [0.05, 0.1) is 30.2 Å². The molecule has 0 N–H and O–H groups in total. The molecule has 1 saturated heterocycles. The molecule has 0 aliphatic carbocycles. The maximum Gasteiger partial charge on any atom is 0.143 e. The van der Waals surface area contributed by atoms with Crippen LogP contribution in [0.2, 0.25) is 0 Å². The van der Waals surface area contributed by atoms with Gasteiger partial charge in [-0.25, -0.2) is 14.4 Å². The molecule has 94 valence electrons. The maximum absolute atomic E-state index is 14.0. The first-order valence-corrected chi connectivity index (χ1v) is 6.01. The first-order valence-electron chi connectivity index (χ1n) is 6.01. The van der Waals surface area contributed by atoms with Gasteiger partial charge in [0.15, 0.2) is 0 Å². The van der Waals surface area contributed by atoms with E-state index in [0.29, 0.717) is 29.9 Å². The zero-order chi connectivity index (χ0) is 12.5. The molecule has 2 heterocycles. The fraction of sp³-hybridized carbons (Fsp3) is 0.385. The maximum atomic E-state index is 14.0. The molecule has 1 fully saturated rings. The van der Waals surface area contributed by atoms with Crippen LogP contribution in [0.1, 0.15) is 6.92 Å². The van der Waals surface area contributed by atoms with Crippen LogP contribution in [0.25, 0.3) is 10.9 Å². The average Bonchev–Trinajstić information content (AvgIpc) is 2.39. The van der Waals surface area contributed by atoms with E-state index in [9.17, 15) is 4.39 Å². The van der Waals surface area contributed by atoms with Crippen molar-refractivity contribution in [2.24, 2.45) is 0 Å². The van der Waals surface area contributed by atoms with Crippen LogP contribution in [0.3, 0.4) is 0 Å². The smallest absolute Gasteiger partial charge is 0.143 e. The Hall–Kier alpha value is -1.75. The van der Waals surface area contributed by atoms with Gasteiger partial charge in [-0.1, -0.05) is 6.07 Å². The number of ether oxygens (including phenoxy) is 1. The summed E-state index contributed by atoms with van der Waals surface area (Å²) >= 11 is 0. The van der Waals surface area contributed by atoms with Gasteiger partial charge in [-0.3, -0.25) is 0 Å². The molecule has 1 atom stereocenters. The van der Waals surface area contributed by atoms with Crippen molar-refractivity contribution in [3.05, 3.63) is 30.3 Å². The highest BCUT2D eigenvalue weighted by Crippen LogP contribution is 2.27. The second-order valence-corrected chi connectivity index (χ2v) is 4.45. The highest BCUT2D eigenvalue weighted by Gasteiger charge is 2.23. The van der Waals surface area contributed by atoms with E-state index in [2.05, 4.69) is 14.9 Å². The molecule has 0 unspecified atom stereocenters. The fourth-order valence-corrected chi connectivity index (χ4v) is 2.31. The van der Waals surface area contributed by atoms with Crippen molar-refractivity contribution in [3.63, 3.8) is 0 Å². The number of morpholine rings is 1. The molecule has 4 nitrogen and oxygen atoms in total. The van der Waals surface area contributed by atoms with E-state index in [-0.39, 0.29) is 11.9 Å². The van der Waals surface area contributed by atoms with Gasteiger partial charge in [0.25, 0.3) is 0 Å². The first-order chi connectivity index (χ1) is 8.77. The third kappa shape index (κ3) is 1.80. The monoisotopic (exact) mass is 247 g/mol. The van der Waals surface area contributed by atoms with Gasteiger partial charge < -0.3 is 9.64 Å². The van der Waals surface area contributed by atoms with E-state index in [1.165, 1.54) is 12.4 Å². The van der Waals surface area contributed by atoms with Gasteiger partial charge in [-0.05, 0) is 19.1 Å². The summed E-state index contributed by atoms with van der Waals surface area (Å²) in [6.07, 6.45) is 1.49. The lowest BCUT2D eigenvalue weighted by molar-refractivity contribution is 0.0986. The van der Waals surface area contributed by atoms with Crippen LogP contribution in [0, 0.1) is 5.82 Å². The molecule has 0 radical (unpaired) electrons. The number of nitrogens with zero attached hydrogens (tertiary/aromatic N) is 3. The Labute approximate surface area is 104 Å². The summed E-state index contributed by atoms with van der Waals surface area (Å²) in [5.41, 5.74) is 0.638. The Bertz CT molecular complexity index is 570. The minimum Gasteiger partial charge on any atom is -0.377 e. The highest BCUT2D eigenvalue weighted by molar-refractivity contribution is 5.90. The van der Waals surface area contributed by atoms with Crippen molar-refractivity contribution in [2.45, 2.75) is 13.0 Å². The molecule has 0 bridgehead atoms. The van der Waals surface area contributed by atoms with Crippen molar-refractivity contribution in [3.8, 4) is 0 Å². The number of halogens is 1. The molecular formula is C13H14FN3O. The highest BCUT2D eigenvalue weighted by atomic mass is 19.1. The molecule has 0 saturated carbocycles. The third-order valence-electron chi connectivity index (χ3n) is 3.23. The molecule has 1 aromatic carbocycles. The summed E-state index contributed by atoms with van der Waals surface area (Å²) in [5, 5.41) is 0.494. The second-order valence-electron chi connectivity index (χ2n) is 4.45. The number of hydrogen-bond acceptors (Lipinski definition) is 4. The number of rotatable bonds is 1. The second kappa shape index (κ2) is 4.49. The van der Waals surface area contributed by atoms with Crippen LogP contribution in [-0.4, -0.2) is 35.8 Å². The van der Waals surface area contributed by atoms with Gasteiger partial charge in [0.2, 0.25) is 0 Å². The van der Waals surface area contributed by atoms with Crippen molar-refractivity contribution in [1.29, 1.82) is 0 Å². The molecule has 2 aromatic rings. The van der Waals surface area contributed by atoms with Crippen LogP contribution in [0.5, 0.6) is 0 Å². The Balaban J connectivity index is 2.16. The minimum absolute atomic E-state index is 0.191. The van der Waals surface area contributed by atoms with Crippen LogP contribution >= 0.6 is 0 Å². The Morgan fingerprint density at radius 2 is 2.28 bits per heavy atom. The number of hydrogen-bond donors (Lipinski definition) is 0. The van der Waals surface area contributed by atoms with Crippen molar-refractivity contribution >= 4 is 16.7 Å². The van der Waals surface area contributed by atoms with Gasteiger partial charge >= 0.3 is 0 Å². The van der Waals surface area contributed by atoms with Gasteiger partial charge in [-0.2, -0.15) is 0 Å². The van der Waals surface area contributed by atoms with E-state index < -0.39 is 0 Å². The zero-order valence-electron chi connectivity index (χ0n) is 10.1. The molecule has 5 heteroatoms. The van der Waals surface area contributed by atoms with E-state index in [1.54, 1.807) is 12.1 Å². The van der Waals surface area contributed by atoms with E-state index in [1.807, 2.05) is 6.92 Å². The average molecular weight is 247 g/mol. The third-order valence-corrected chi connectivity index (χ3v) is 3.23. The topological polar surface area (TPSA) is 38.2 Å². The number of anilines is 1. The predicted octanol–water partition coefficient (Wildman–Crippen LogP) is 1.99. The minimum atomic E-state index is -0.276. The van der Waals surface area contributed by atoms with Crippen LogP contribution in [0.4, 0.5) is 10.2 Å². The summed E-state index contributed by atoms with van der Waals surface area (Å²) < 4.78 is 19.4.